The molecule has 1 saturated heterocycles. The first-order chi connectivity index (χ1) is 9.49. The van der Waals surface area contributed by atoms with Crippen molar-refractivity contribution in [1.82, 2.24) is 9.80 Å². The number of hydrogen-bond donors (Lipinski definition) is 1. The van der Waals surface area contributed by atoms with Gasteiger partial charge in [0.15, 0.2) is 0 Å². The third-order valence-corrected chi connectivity index (χ3v) is 3.99. The van der Waals surface area contributed by atoms with Crippen molar-refractivity contribution in [1.29, 1.82) is 0 Å². The second kappa shape index (κ2) is 6.28. The number of nitrogens with zero attached hydrogens (tertiary/aromatic N) is 2. The topological polar surface area (TPSA) is 49.6 Å². The Kier molecular flexibility index (Phi) is 4.67. The van der Waals surface area contributed by atoms with Crippen LogP contribution in [-0.2, 0) is 0 Å². The molecule has 1 amide bonds. The third-order valence-electron chi connectivity index (χ3n) is 3.65. The number of thiocarbonyl (C=S) groups is 1. The predicted molar refractivity (Wildman–Crippen MR) is 80.1 cm³/mol. The van der Waals surface area contributed by atoms with Crippen LogP contribution in [0.3, 0.4) is 0 Å². The van der Waals surface area contributed by atoms with Crippen molar-refractivity contribution in [2.24, 2.45) is 5.73 Å². The van der Waals surface area contributed by atoms with Crippen LogP contribution in [0.15, 0.2) is 24.3 Å². The lowest BCUT2D eigenvalue weighted by Crippen LogP contribution is -2.53. The number of halogens is 1. The van der Waals surface area contributed by atoms with E-state index in [1.165, 1.54) is 24.3 Å². The number of amides is 1. The Morgan fingerprint density at radius 2 is 1.80 bits per heavy atom. The van der Waals surface area contributed by atoms with Crippen molar-refractivity contribution in [2.45, 2.75) is 13.0 Å². The van der Waals surface area contributed by atoms with Gasteiger partial charge in [-0.1, -0.05) is 12.2 Å². The fraction of sp³-hybridized carbons (Fsp3) is 0.429. The summed E-state index contributed by atoms with van der Waals surface area (Å²) in [5.74, 6) is -0.399. The first kappa shape index (κ1) is 14.9. The molecule has 0 aliphatic carbocycles. The molecule has 1 fully saturated rings. The summed E-state index contributed by atoms with van der Waals surface area (Å²) < 4.78 is 12.9. The van der Waals surface area contributed by atoms with Gasteiger partial charge in [0.2, 0.25) is 0 Å². The highest BCUT2D eigenvalue weighted by Crippen LogP contribution is 2.11. The minimum atomic E-state index is -0.336. The van der Waals surface area contributed by atoms with Gasteiger partial charge in [-0.15, -0.1) is 0 Å². The number of carbonyl (C=O) groups excluding carboxylic acids is 1. The molecule has 20 heavy (non-hydrogen) atoms. The van der Waals surface area contributed by atoms with Crippen LogP contribution < -0.4 is 5.73 Å². The lowest BCUT2D eigenvalue weighted by molar-refractivity contribution is 0.0621. The molecule has 1 heterocycles. The zero-order valence-electron chi connectivity index (χ0n) is 11.4. The zero-order valence-corrected chi connectivity index (χ0v) is 12.2. The summed E-state index contributed by atoms with van der Waals surface area (Å²) in [7, 11) is 0. The van der Waals surface area contributed by atoms with Crippen molar-refractivity contribution in [3.8, 4) is 0 Å². The van der Waals surface area contributed by atoms with E-state index in [-0.39, 0.29) is 17.8 Å². The van der Waals surface area contributed by atoms with Gasteiger partial charge in [0, 0.05) is 31.7 Å². The van der Waals surface area contributed by atoms with E-state index in [1.807, 2.05) is 6.92 Å². The third kappa shape index (κ3) is 3.32. The van der Waals surface area contributed by atoms with Gasteiger partial charge in [0.25, 0.3) is 5.91 Å². The number of piperazine rings is 1. The summed E-state index contributed by atoms with van der Waals surface area (Å²) in [6.07, 6.45) is 0. The van der Waals surface area contributed by atoms with Gasteiger partial charge in [-0.3, -0.25) is 9.69 Å². The molecule has 0 aromatic heterocycles. The average Bonchev–Trinajstić information content (AvgIpc) is 2.46. The van der Waals surface area contributed by atoms with Crippen molar-refractivity contribution < 1.29 is 9.18 Å². The molecule has 1 aliphatic rings. The number of benzene rings is 1. The van der Waals surface area contributed by atoms with Crippen LogP contribution in [0.2, 0.25) is 0 Å². The van der Waals surface area contributed by atoms with Crippen molar-refractivity contribution in [3.05, 3.63) is 35.6 Å². The molecule has 1 aromatic rings. The largest absolute Gasteiger partial charge is 0.392 e. The monoisotopic (exact) mass is 295 g/mol. The standard InChI is InChI=1S/C14H18FN3OS/c1-10(13(16)20)17-6-8-18(9-7-17)14(19)11-2-4-12(15)5-3-11/h2-5,10H,6-9H2,1H3,(H2,16,20). The van der Waals surface area contributed by atoms with E-state index in [0.29, 0.717) is 23.6 Å². The molecular formula is C14H18FN3OS. The Bertz CT molecular complexity index is 498. The van der Waals surface area contributed by atoms with Crippen molar-refractivity contribution in [2.75, 3.05) is 26.2 Å². The zero-order chi connectivity index (χ0) is 14.7. The molecule has 0 saturated carbocycles. The summed E-state index contributed by atoms with van der Waals surface area (Å²) in [5.41, 5.74) is 6.16. The van der Waals surface area contributed by atoms with Gasteiger partial charge in [-0.2, -0.15) is 0 Å². The maximum Gasteiger partial charge on any atom is 0.253 e. The van der Waals surface area contributed by atoms with E-state index in [0.717, 1.165) is 13.1 Å². The van der Waals surface area contributed by atoms with Crippen LogP contribution in [0.1, 0.15) is 17.3 Å². The molecular weight excluding hydrogens is 277 g/mol. The number of carbonyl (C=O) groups is 1. The van der Waals surface area contributed by atoms with E-state index in [4.69, 9.17) is 18.0 Å². The molecule has 0 spiro atoms. The lowest BCUT2D eigenvalue weighted by atomic mass is 10.1. The summed E-state index contributed by atoms with van der Waals surface area (Å²) >= 11 is 4.99. The fourth-order valence-electron chi connectivity index (χ4n) is 2.27. The molecule has 1 unspecified atom stereocenters. The Morgan fingerprint density at radius 1 is 1.25 bits per heavy atom. The number of rotatable bonds is 3. The molecule has 6 heteroatoms. The molecule has 2 N–H and O–H groups in total. The van der Waals surface area contributed by atoms with Crippen molar-refractivity contribution >= 4 is 23.1 Å². The van der Waals surface area contributed by atoms with Crippen LogP contribution in [0.4, 0.5) is 4.39 Å². The molecule has 2 rings (SSSR count). The fourth-order valence-corrected chi connectivity index (χ4v) is 2.42. The number of hydrogen-bond acceptors (Lipinski definition) is 3. The van der Waals surface area contributed by atoms with Crippen LogP contribution in [0.25, 0.3) is 0 Å². The molecule has 0 radical (unpaired) electrons. The lowest BCUT2D eigenvalue weighted by Gasteiger charge is -2.37. The Morgan fingerprint density at radius 3 is 2.30 bits per heavy atom. The van der Waals surface area contributed by atoms with Gasteiger partial charge in [-0.05, 0) is 31.2 Å². The Labute approximate surface area is 123 Å². The van der Waals surface area contributed by atoms with Gasteiger partial charge in [0.1, 0.15) is 5.82 Å². The molecule has 1 aliphatic heterocycles. The quantitative estimate of drug-likeness (QED) is 0.853. The second-order valence-electron chi connectivity index (χ2n) is 4.91. The van der Waals surface area contributed by atoms with E-state index in [9.17, 15) is 9.18 Å². The number of nitrogens with two attached hydrogens (primary N) is 1. The molecule has 1 atom stereocenters. The molecule has 108 valence electrons. The molecule has 1 aromatic carbocycles. The predicted octanol–water partition coefficient (Wildman–Crippen LogP) is 1.26. The van der Waals surface area contributed by atoms with Crippen LogP contribution in [0, 0.1) is 5.82 Å². The highest BCUT2D eigenvalue weighted by atomic mass is 32.1. The first-order valence-electron chi connectivity index (χ1n) is 6.57. The first-order valence-corrected chi connectivity index (χ1v) is 6.98. The smallest absolute Gasteiger partial charge is 0.253 e. The van der Waals surface area contributed by atoms with Crippen LogP contribution in [0.5, 0.6) is 0 Å². The van der Waals surface area contributed by atoms with E-state index < -0.39 is 0 Å². The SMILES string of the molecule is CC(C(N)=S)N1CCN(C(=O)c2ccc(F)cc2)CC1. The Balaban J connectivity index is 1.95. The van der Waals surface area contributed by atoms with Crippen LogP contribution >= 0.6 is 12.2 Å². The molecule has 4 nitrogen and oxygen atoms in total. The maximum atomic E-state index is 12.9. The van der Waals surface area contributed by atoms with Gasteiger partial charge >= 0.3 is 0 Å². The summed E-state index contributed by atoms with van der Waals surface area (Å²) in [4.78, 5) is 16.7. The maximum absolute atomic E-state index is 12.9. The van der Waals surface area contributed by atoms with E-state index in [1.54, 1.807) is 4.90 Å². The minimum Gasteiger partial charge on any atom is -0.392 e. The van der Waals surface area contributed by atoms with E-state index in [2.05, 4.69) is 4.90 Å². The second-order valence-corrected chi connectivity index (χ2v) is 5.38. The highest BCUT2D eigenvalue weighted by Gasteiger charge is 2.25. The van der Waals surface area contributed by atoms with Crippen LogP contribution in [-0.4, -0.2) is 52.9 Å². The van der Waals surface area contributed by atoms with Crippen molar-refractivity contribution in [3.63, 3.8) is 0 Å². The Hall–Kier alpha value is -1.53. The summed E-state index contributed by atoms with van der Waals surface area (Å²) in [6.45, 7) is 4.71. The van der Waals surface area contributed by atoms with Gasteiger partial charge in [0.05, 0.1) is 11.0 Å². The molecule has 0 bridgehead atoms. The summed E-state index contributed by atoms with van der Waals surface area (Å²) in [5, 5.41) is 0. The summed E-state index contributed by atoms with van der Waals surface area (Å²) in [6, 6.07) is 5.69. The highest BCUT2D eigenvalue weighted by molar-refractivity contribution is 7.80. The minimum absolute atomic E-state index is 0.0491. The van der Waals surface area contributed by atoms with E-state index >= 15 is 0 Å². The van der Waals surface area contributed by atoms with Gasteiger partial charge in [-0.25, -0.2) is 4.39 Å². The average molecular weight is 295 g/mol. The normalized spacial score (nSPS) is 17.8. The van der Waals surface area contributed by atoms with Gasteiger partial charge < -0.3 is 10.6 Å².